The number of hydrogen-bond donors (Lipinski definition) is 1. The number of benzene rings is 1. The Hall–Kier alpha value is -1.31. The van der Waals surface area contributed by atoms with Gasteiger partial charge in [0.15, 0.2) is 0 Å². The molecule has 1 aliphatic carbocycles. The molecule has 0 bridgehead atoms. The van der Waals surface area contributed by atoms with Crippen LogP contribution in [-0.2, 0) is 10.2 Å². The number of rotatable bonds is 2. The maximum Gasteiger partial charge on any atom is 0.314 e. The van der Waals surface area contributed by atoms with Gasteiger partial charge in [-0.25, -0.2) is 0 Å². The van der Waals surface area contributed by atoms with Crippen molar-refractivity contribution in [2.24, 2.45) is 5.41 Å². The average molecular weight is 190 g/mol. The molecule has 74 valence electrons. The Kier molecular flexibility index (Phi) is 1.71. The monoisotopic (exact) mass is 190 g/mol. The number of hydrogen-bond acceptors (Lipinski definition) is 1. The van der Waals surface area contributed by atoms with E-state index in [4.69, 9.17) is 0 Å². The van der Waals surface area contributed by atoms with E-state index in [1.54, 1.807) is 0 Å². The first-order valence-corrected chi connectivity index (χ1v) is 4.80. The van der Waals surface area contributed by atoms with E-state index in [-0.39, 0.29) is 5.41 Å². The lowest BCUT2D eigenvalue weighted by Crippen LogP contribution is -2.25. The third-order valence-electron chi connectivity index (χ3n) is 3.37. The summed E-state index contributed by atoms with van der Waals surface area (Å²) in [6.07, 6.45) is 0.735. The molecule has 1 saturated carbocycles. The summed E-state index contributed by atoms with van der Waals surface area (Å²) in [5.74, 6) is -0.700. The molecular formula is C12H14O2. The van der Waals surface area contributed by atoms with Crippen molar-refractivity contribution in [2.45, 2.75) is 25.7 Å². The molecule has 1 N–H and O–H groups in total. The second-order valence-electron chi connectivity index (χ2n) is 4.64. The van der Waals surface area contributed by atoms with Crippen LogP contribution in [0.1, 0.15) is 25.8 Å². The molecule has 0 radical (unpaired) electrons. The van der Waals surface area contributed by atoms with Crippen molar-refractivity contribution in [3.8, 4) is 0 Å². The Labute approximate surface area is 83.6 Å². The molecule has 0 spiro atoms. The van der Waals surface area contributed by atoms with E-state index < -0.39 is 11.4 Å². The Bertz CT molecular complexity index is 367. The lowest BCUT2D eigenvalue weighted by molar-refractivity contribution is -0.141. The number of carbonyl (C=O) groups is 1. The highest BCUT2D eigenvalue weighted by Crippen LogP contribution is 2.64. The van der Waals surface area contributed by atoms with Gasteiger partial charge in [0.2, 0.25) is 0 Å². The van der Waals surface area contributed by atoms with Gasteiger partial charge in [0.1, 0.15) is 0 Å². The molecule has 0 saturated heterocycles. The van der Waals surface area contributed by atoms with E-state index in [1.165, 1.54) is 0 Å². The summed E-state index contributed by atoms with van der Waals surface area (Å²) in [5.41, 5.74) is 0.173. The predicted molar refractivity (Wildman–Crippen MR) is 54.2 cm³/mol. The lowest BCUT2D eigenvalue weighted by Gasteiger charge is -2.15. The molecule has 1 aliphatic rings. The molecule has 0 aliphatic heterocycles. The van der Waals surface area contributed by atoms with E-state index >= 15 is 0 Å². The van der Waals surface area contributed by atoms with Crippen LogP contribution in [0.15, 0.2) is 30.3 Å². The van der Waals surface area contributed by atoms with Crippen LogP contribution in [-0.4, -0.2) is 11.1 Å². The number of aliphatic carboxylic acids is 1. The third-order valence-corrected chi connectivity index (χ3v) is 3.37. The first-order chi connectivity index (χ1) is 6.51. The summed E-state index contributed by atoms with van der Waals surface area (Å²) >= 11 is 0. The molecule has 1 atom stereocenters. The van der Waals surface area contributed by atoms with Gasteiger partial charge in [-0.1, -0.05) is 44.2 Å². The second kappa shape index (κ2) is 2.59. The van der Waals surface area contributed by atoms with Crippen molar-refractivity contribution in [1.82, 2.24) is 0 Å². The van der Waals surface area contributed by atoms with Gasteiger partial charge in [-0.15, -0.1) is 0 Å². The Morgan fingerprint density at radius 2 is 1.79 bits per heavy atom. The minimum absolute atomic E-state index is 0.111. The quantitative estimate of drug-likeness (QED) is 0.777. The van der Waals surface area contributed by atoms with Crippen LogP contribution in [0.25, 0.3) is 0 Å². The zero-order valence-electron chi connectivity index (χ0n) is 8.45. The van der Waals surface area contributed by atoms with Crippen LogP contribution in [0.4, 0.5) is 0 Å². The zero-order valence-corrected chi connectivity index (χ0v) is 8.45. The summed E-state index contributed by atoms with van der Waals surface area (Å²) < 4.78 is 0. The summed E-state index contributed by atoms with van der Waals surface area (Å²) in [6, 6.07) is 9.52. The lowest BCUT2D eigenvalue weighted by atomic mass is 9.88. The zero-order chi connectivity index (χ0) is 10.4. The standard InChI is InChI=1S/C12H14O2/c1-11(2)8-12(11,10(13)14)9-6-4-3-5-7-9/h3-7H,8H2,1-2H3,(H,13,14)/t12-/m0/s1. The first kappa shape index (κ1) is 9.25. The molecule has 2 rings (SSSR count). The van der Waals surface area contributed by atoms with Crippen LogP contribution >= 0.6 is 0 Å². The summed E-state index contributed by atoms with van der Waals surface area (Å²) in [6.45, 7) is 4.02. The maximum absolute atomic E-state index is 11.3. The second-order valence-corrected chi connectivity index (χ2v) is 4.64. The highest BCUT2D eigenvalue weighted by molar-refractivity contribution is 5.87. The molecule has 1 fully saturated rings. The van der Waals surface area contributed by atoms with Crippen molar-refractivity contribution in [1.29, 1.82) is 0 Å². The Balaban J connectivity index is 2.47. The van der Waals surface area contributed by atoms with E-state index in [0.29, 0.717) is 0 Å². The molecule has 1 aromatic rings. The summed E-state index contributed by atoms with van der Waals surface area (Å²) in [7, 11) is 0. The molecule has 0 heterocycles. The van der Waals surface area contributed by atoms with E-state index in [1.807, 2.05) is 44.2 Å². The highest BCUT2D eigenvalue weighted by Gasteiger charge is 2.67. The first-order valence-electron chi connectivity index (χ1n) is 4.80. The van der Waals surface area contributed by atoms with Crippen molar-refractivity contribution in [3.63, 3.8) is 0 Å². The van der Waals surface area contributed by atoms with Gasteiger partial charge in [-0.2, -0.15) is 0 Å². The van der Waals surface area contributed by atoms with Gasteiger partial charge in [0.25, 0.3) is 0 Å². The largest absolute Gasteiger partial charge is 0.481 e. The summed E-state index contributed by atoms with van der Waals surface area (Å²) in [5, 5.41) is 9.29. The molecule has 0 aromatic heterocycles. The van der Waals surface area contributed by atoms with Crippen molar-refractivity contribution in [2.75, 3.05) is 0 Å². The van der Waals surface area contributed by atoms with Crippen LogP contribution in [0.2, 0.25) is 0 Å². The fraction of sp³-hybridized carbons (Fsp3) is 0.417. The van der Waals surface area contributed by atoms with Crippen molar-refractivity contribution in [3.05, 3.63) is 35.9 Å². The van der Waals surface area contributed by atoms with Crippen LogP contribution in [0, 0.1) is 5.41 Å². The van der Waals surface area contributed by atoms with E-state index in [2.05, 4.69) is 0 Å². The molecule has 14 heavy (non-hydrogen) atoms. The topological polar surface area (TPSA) is 37.3 Å². The molecule has 0 amide bonds. The van der Waals surface area contributed by atoms with Gasteiger partial charge in [0, 0.05) is 0 Å². The molecule has 2 heteroatoms. The Morgan fingerprint density at radius 1 is 1.29 bits per heavy atom. The minimum Gasteiger partial charge on any atom is -0.481 e. The van der Waals surface area contributed by atoms with E-state index in [9.17, 15) is 9.90 Å². The molecule has 2 nitrogen and oxygen atoms in total. The third kappa shape index (κ3) is 0.999. The fourth-order valence-corrected chi connectivity index (χ4v) is 2.32. The van der Waals surface area contributed by atoms with Gasteiger partial charge >= 0.3 is 5.97 Å². The van der Waals surface area contributed by atoms with Gasteiger partial charge in [-0.3, -0.25) is 4.79 Å². The number of carboxylic acid groups (broad SMARTS) is 1. The molecule has 0 unspecified atom stereocenters. The normalized spacial score (nSPS) is 28.4. The van der Waals surface area contributed by atoms with Crippen LogP contribution in [0.3, 0.4) is 0 Å². The van der Waals surface area contributed by atoms with Gasteiger partial charge in [-0.05, 0) is 17.4 Å². The van der Waals surface area contributed by atoms with Gasteiger partial charge in [0.05, 0.1) is 5.41 Å². The average Bonchev–Trinajstić information content (AvgIpc) is 2.72. The Morgan fingerprint density at radius 3 is 2.14 bits per heavy atom. The van der Waals surface area contributed by atoms with Crippen LogP contribution < -0.4 is 0 Å². The predicted octanol–water partition coefficient (Wildman–Crippen LogP) is 2.44. The summed E-state index contributed by atoms with van der Waals surface area (Å²) in [4.78, 5) is 11.3. The van der Waals surface area contributed by atoms with E-state index in [0.717, 1.165) is 12.0 Å². The molecular weight excluding hydrogens is 176 g/mol. The highest BCUT2D eigenvalue weighted by atomic mass is 16.4. The van der Waals surface area contributed by atoms with Crippen LogP contribution in [0.5, 0.6) is 0 Å². The van der Waals surface area contributed by atoms with Gasteiger partial charge < -0.3 is 5.11 Å². The fourth-order valence-electron chi connectivity index (χ4n) is 2.32. The maximum atomic E-state index is 11.3. The number of carboxylic acids is 1. The van der Waals surface area contributed by atoms with Crippen molar-refractivity contribution >= 4 is 5.97 Å². The molecule has 1 aromatic carbocycles. The SMILES string of the molecule is CC1(C)C[C@@]1(C(=O)O)c1ccccc1. The smallest absolute Gasteiger partial charge is 0.314 e. The minimum atomic E-state index is -0.700. The van der Waals surface area contributed by atoms with Crippen molar-refractivity contribution < 1.29 is 9.90 Å².